The molecule has 0 aliphatic rings. The normalized spacial score (nSPS) is 11.0. The zero-order valence-electron chi connectivity index (χ0n) is 15.8. The highest BCUT2D eigenvalue weighted by Gasteiger charge is 2.25. The lowest BCUT2D eigenvalue weighted by molar-refractivity contribution is -0.145. The Morgan fingerprint density at radius 2 is 1.71 bits per heavy atom. The van der Waals surface area contributed by atoms with E-state index < -0.39 is 18.0 Å². The minimum Gasteiger partial charge on any atom is -0.482 e. The molecule has 2 aromatic rings. The molecule has 2 aromatic carbocycles. The number of carbonyl (C=O) groups is 2. The van der Waals surface area contributed by atoms with Crippen LogP contribution in [0.25, 0.3) is 0 Å². The van der Waals surface area contributed by atoms with E-state index >= 15 is 0 Å². The number of ether oxygens (including phenoxy) is 3. The average molecular weight is 382 g/mol. The van der Waals surface area contributed by atoms with Gasteiger partial charge >= 0.3 is 11.9 Å². The molecular weight excluding hydrogens is 360 g/mol. The molecule has 0 heterocycles. The molecule has 0 bridgehead atoms. The van der Waals surface area contributed by atoms with E-state index in [1.807, 2.05) is 6.07 Å². The Balaban J connectivity index is 2.28. The first-order valence-corrected chi connectivity index (χ1v) is 8.89. The van der Waals surface area contributed by atoms with Gasteiger partial charge < -0.3 is 19.5 Å². The summed E-state index contributed by atoms with van der Waals surface area (Å²) in [5, 5.41) is 12.0. The van der Waals surface area contributed by atoms with Crippen LogP contribution in [0.5, 0.6) is 5.75 Å². The van der Waals surface area contributed by atoms with Gasteiger partial charge in [0.15, 0.2) is 12.6 Å². The first-order valence-electron chi connectivity index (χ1n) is 8.89. The van der Waals surface area contributed by atoms with E-state index in [9.17, 15) is 9.59 Å². The summed E-state index contributed by atoms with van der Waals surface area (Å²) >= 11 is 0. The second kappa shape index (κ2) is 10.6. The molecule has 28 heavy (non-hydrogen) atoms. The highest BCUT2D eigenvalue weighted by atomic mass is 16.6. The molecule has 0 aromatic heterocycles. The number of rotatable bonds is 9. The lowest BCUT2D eigenvalue weighted by Crippen LogP contribution is -2.24. The molecule has 146 valence electrons. The first kappa shape index (κ1) is 20.8. The zero-order chi connectivity index (χ0) is 20.4. The van der Waals surface area contributed by atoms with Gasteiger partial charge in [0.05, 0.1) is 24.8 Å². The second-order valence-corrected chi connectivity index (χ2v) is 5.65. The van der Waals surface area contributed by atoms with Gasteiger partial charge in [-0.25, -0.2) is 9.59 Å². The molecular formula is C21H22N2O5. The van der Waals surface area contributed by atoms with Crippen LogP contribution in [0.4, 0.5) is 5.69 Å². The summed E-state index contributed by atoms with van der Waals surface area (Å²) < 4.78 is 15.6. The fourth-order valence-corrected chi connectivity index (χ4v) is 2.49. The van der Waals surface area contributed by atoms with Crippen LogP contribution in [-0.2, 0) is 19.1 Å². The summed E-state index contributed by atoms with van der Waals surface area (Å²) in [4.78, 5) is 24.2. The number of hydrogen-bond acceptors (Lipinski definition) is 7. The van der Waals surface area contributed by atoms with E-state index in [2.05, 4.69) is 5.32 Å². The molecule has 0 fully saturated rings. The third-order valence-electron chi connectivity index (χ3n) is 3.73. The van der Waals surface area contributed by atoms with Crippen LogP contribution in [0.2, 0.25) is 0 Å². The van der Waals surface area contributed by atoms with Gasteiger partial charge in [-0.2, -0.15) is 5.26 Å². The van der Waals surface area contributed by atoms with Crippen molar-refractivity contribution in [3.8, 4) is 11.8 Å². The van der Waals surface area contributed by atoms with E-state index in [1.54, 1.807) is 62.4 Å². The van der Waals surface area contributed by atoms with Crippen LogP contribution >= 0.6 is 0 Å². The quantitative estimate of drug-likeness (QED) is 0.665. The van der Waals surface area contributed by atoms with Gasteiger partial charge in [0.1, 0.15) is 5.75 Å². The Morgan fingerprint density at radius 1 is 1.04 bits per heavy atom. The maximum atomic E-state index is 12.6. The molecule has 7 nitrogen and oxygen atoms in total. The monoisotopic (exact) mass is 382 g/mol. The van der Waals surface area contributed by atoms with Gasteiger partial charge in [0, 0.05) is 11.3 Å². The van der Waals surface area contributed by atoms with Gasteiger partial charge in [0.25, 0.3) is 0 Å². The van der Waals surface area contributed by atoms with Crippen LogP contribution in [-0.4, -0.2) is 31.8 Å². The number of nitriles is 1. The highest BCUT2D eigenvalue weighted by molar-refractivity contribution is 5.82. The summed E-state index contributed by atoms with van der Waals surface area (Å²) in [7, 11) is 0. The van der Waals surface area contributed by atoms with Crippen LogP contribution in [0, 0.1) is 11.3 Å². The number of anilines is 1. The Kier molecular flexibility index (Phi) is 7.85. The summed E-state index contributed by atoms with van der Waals surface area (Å²) in [5.74, 6) is -0.612. The summed E-state index contributed by atoms with van der Waals surface area (Å²) in [6.45, 7) is 3.65. The first-order chi connectivity index (χ1) is 13.6. The van der Waals surface area contributed by atoms with E-state index in [-0.39, 0.29) is 19.8 Å². The van der Waals surface area contributed by atoms with Gasteiger partial charge in [-0.15, -0.1) is 0 Å². The van der Waals surface area contributed by atoms with Crippen molar-refractivity contribution in [3.63, 3.8) is 0 Å². The standard InChI is InChI=1S/C21H22N2O5/c1-3-26-19(24)14-28-18-8-6-5-7-17(18)20(21(25)27-4-2)23-16-11-9-15(13-22)10-12-16/h5-12,20,23H,3-4,14H2,1-2H3. The number of esters is 2. The number of hydrogen-bond donors (Lipinski definition) is 1. The lowest BCUT2D eigenvalue weighted by atomic mass is 10.0. The van der Waals surface area contributed by atoms with Crippen molar-refractivity contribution in [2.75, 3.05) is 25.1 Å². The molecule has 1 N–H and O–H groups in total. The maximum Gasteiger partial charge on any atom is 0.344 e. The van der Waals surface area contributed by atoms with Crippen molar-refractivity contribution in [2.45, 2.75) is 19.9 Å². The van der Waals surface area contributed by atoms with Crippen molar-refractivity contribution >= 4 is 17.6 Å². The maximum absolute atomic E-state index is 12.6. The van der Waals surface area contributed by atoms with Crippen molar-refractivity contribution in [3.05, 3.63) is 59.7 Å². The molecule has 0 saturated carbocycles. The predicted molar refractivity (Wildman–Crippen MR) is 103 cm³/mol. The lowest BCUT2D eigenvalue weighted by Gasteiger charge is -2.21. The summed E-state index contributed by atoms with van der Waals surface area (Å²) in [6, 6.07) is 14.8. The van der Waals surface area contributed by atoms with Crippen molar-refractivity contribution in [1.82, 2.24) is 0 Å². The smallest absolute Gasteiger partial charge is 0.344 e. The fourth-order valence-electron chi connectivity index (χ4n) is 2.49. The van der Waals surface area contributed by atoms with Crippen LogP contribution < -0.4 is 10.1 Å². The molecule has 0 radical (unpaired) electrons. The average Bonchev–Trinajstić information content (AvgIpc) is 2.71. The van der Waals surface area contributed by atoms with Crippen molar-refractivity contribution in [1.29, 1.82) is 5.26 Å². The molecule has 0 spiro atoms. The summed E-state index contributed by atoms with van der Waals surface area (Å²) in [6.07, 6.45) is 0. The van der Waals surface area contributed by atoms with Crippen molar-refractivity contribution in [2.24, 2.45) is 0 Å². The van der Waals surface area contributed by atoms with Gasteiger partial charge in [-0.05, 0) is 44.2 Å². The Hall–Kier alpha value is -3.53. The molecule has 0 saturated heterocycles. The minimum absolute atomic E-state index is 0.218. The third-order valence-corrected chi connectivity index (χ3v) is 3.73. The number of benzene rings is 2. The number of para-hydroxylation sites is 1. The molecule has 2 rings (SSSR count). The Bertz CT molecular complexity index is 843. The van der Waals surface area contributed by atoms with Crippen LogP contribution in [0.1, 0.15) is 31.0 Å². The van der Waals surface area contributed by atoms with Gasteiger partial charge in [-0.1, -0.05) is 18.2 Å². The predicted octanol–water partition coefficient (Wildman–Crippen LogP) is 3.22. The number of nitrogens with one attached hydrogen (secondary N) is 1. The SMILES string of the molecule is CCOC(=O)COc1ccccc1C(Nc1ccc(C#N)cc1)C(=O)OCC. The molecule has 0 amide bonds. The van der Waals surface area contributed by atoms with Crippen molar-refractivity contribution < 1.29 is 23.8 Å². The van der Waals surface area contributed by atoms with Gasteiger partial charge in [-0.3, -0.25) is 0 Å². The molecule has 0 aliphatic heterocycles. The number of carbonyl (C=O) groups excluding carboxylic acids is 2. The molecule has 0 aliphatic carbocycles. The van der Waals surface area contributed by atoms with E-state index in [0.29, 0.717) is 22.6 Å². The summed E-state index contributed by atoms with van der Waals surface area (Å²) in [5.41, 5.74) is 1.67. The molecule has 1 atom stereocenters. The highest BCUT2D eigenvalue weighted by Crippen LogP contribution is 2.29. The minimum atomic E-state index is -0.855. The fraction of sp³-hybridized carbons (Fsp3) is 0.286. The topological polar surface area (TPSA) is 97.6 Å². The second-order valence-electron chi connectivity index (χ2n) is 5.65. The molecule has 7 heteroatoms. The van der Waals surface area contributed by atoms with E-state index in [4.69, 9.17) is 19.5 Å². The van der Waals surface area contributed by atoms with Gasteiger partial charge in [0.2, 0.25) is 0 Å². The van der Waals surface area contributed by atoms with E-state index in [1.165, 1.54) is 0 Å². The Morgan fingerprint density at radius 3 is 2.36 bits per heavy atom. The molecule has 1 unspecified atom stereocenters. The third kappa shape index (κ3) is 5.74. The largest absolute Gasteiger partial charge is 0.482 e. The van der Waals surface area contributed by atoms with Crippen LogP contribution in [0.15, 0.2) is 48.5 Å². The van der Waals surface area contributed by atoms with E-state index in [0.717, 1.165) is 0 Å². The zero-order valence-corrected chi connectivity index (χ0v) is 15.8. The number of nitrogens with zero attached hydrogens (tertiary/aromatic N) is 1. The Labute approximate surface area is 163 Å². The van der Waals surface area contributed by atoms with Crippen LogP contribution in [0.3, 0.4) is 0 Å².